The quantitative estimate of drug-likeness (QED) is 0.532. The fourth-order valence-electron chi connectivity index (χ4n) is 0.754. The van der Waals surface area contributed by atoms with E-state index in [4.69, 9.17) is 9.47 Å². The Hall–Kier alpha value is -0.150. The van der Waals surface area contributed by atoms with E-state index in [9.17, 15) is 4.39 Å². The van der Waals surface area contributed by atoms with E-state index in [0.717, 1.165) is 0 Å². The molecule has 0 aromatic heterocycles. The number of alkyl halides is 1. The molecule has 3 heteroatoms. The molecule has 54 valence electrons. The van der Waals surface area contributed by atoms with Gasteiger partial charge in [-0.15, -0.1) is 0 Å². The molecule has 0 amide bonds. The van der Waals surface area contributed by atoms with Crippen molar-refractivity contribution in [1.82, 2.24) is 0 Å². The van der Waals surface area contributed by atoms with Crippen LogP contribution in [-0.2, 0) is 9.47 Å². The van der Waals surface area contributed by atoms with Crippen molar-refractivity contribution in [2.24, 2.45) is 5.41 Å². The van der Waals surface area contributed by atoms with E-state index in [1.54, 1.807) is 0 Å². The van der Waals surface area contributed by atoms with Crippen LogP contribution in [0.5, 0.6) is 0 Å². The maximum atomic E-state index is 12.1. The van der Waals surface area contributed by atoms with Crippen LogP contribution in [0.1, 0.15) is 6.92 Å². The Labute approximate surface area is 54.0 Å². The second-order valence-electron chi connectivity index (χ2n) is 2.76. The lowest BCUT2D eigenvalue weighted by atomic mass is 9.95. The van der Waals surface area contributed by atoms with Crippen molar-refractivity contribution in [3.05, 3.63) is 0 Å². The van der Waals surface area contributed by atoms with Crippen LogP contribution in [0.15, 0.2) is 0 Å². The molecule has 1 rings (SSSR count). The van der Waals surface area contributed by atoms with Gasteiger partial charge in [0.15, 0.2) is 0 Å². The van der Waals surface area contributed by atoms with Gasteiger partial charge in [-0.25, -0.2) is 0 Å². The predicted octanol–water partition coefficient (Wildman–Crippen LogP) is 0.967. The maximum Gasteiger partial charge on any atom is 0.146 e. The van der Waals surface area contributed by atoms with Crippen molar-refractivity contribution in [2.75, 3.05) is 26.7 Å². The van der Waals surface area contributed by atoms with E-state index in [1.807, 2.05) is 6.92 Å². The fraction of sp³-hybridized carbons (Fsp3) is 1.00. The van der Waals surface area contributed by atoms with Crippen molar-refractivity contribution < 1.29 is 13.9 Å². The molecular weight excluding hydrogens is 123 g/mol. The van der Waals surface area contributed by atoms with Crippen LogP contribution in [0.2, 0.25) is 0 Å². The predicted molar refractivity (Wildman–Crippen MR) is 30.9 cm³/mol. The third kappa shape index (κ3) is 1.63. The highest BCUT2D eigenvalue weighted by Crippen LogP contribution is 2.20. The fourth-order valence-corrected chi connectivity index (χ4v) is 0.754. The summed E-state index contributed by atoms with van der Waals surface area (Å²) in [6.45, 7) is 2.71. The molecule has 0 N–H and O–H groups in total. The molecule has 0 bridgehead atoms. The number of ether oxygens (including phenoxy) is 2. The van der Waals surface area contributed by atoms with Gasteiger partial charge in [-0.3, -0.25) is 4.39 Å². The summed E-state index contributed by atoms with van der Waals surface area (Å²) in [4.78, 5) is 0. The lowest BCUT2D eigenvalue weighted by Crippen LogP contribution is -2.36. The topological polar surface area (TPSA) is 18.5 Å². The Kier molecular flexibility index (Phi) is 2.03. The van der Waals surface area contributed by atoms with Crippen molar-refractivity contribution in [2.45, 2.75) is 6.92 Å². The first-order valence-corrected chi connectivity index (χ1v) is 2.98. The minimum Gasteiger partial charge on any atom is -0.355 e. The first-order valence-electron chi connectivity index (χ1n) is 2.98. The molecule has 0 aromatic rings. The van der Waals surface area contributed by atoms with Gasteiger partial charge in [0.25, 0.3) is 0 Å². The summed E-state index contributed by atoms with van der Waals surface area (Å²) in [5.41, 5.74) is -0.391. The standard InChI is InChI=1S/C6H11FO2/c1-6(2-7)3-8-5-9-4-6/h2-5H2,1H3. The minimum atomic E-state index is -0.391. The van der Waals surface area contributed by atoms with E-state index >= 15 is 0 Å². The molecule has 0 saturated carbocycles. The van der Waals surface area contributed by atoms with Crippen molar-refractivity contribution in [1.29, 1.82) is 0 Å². The third-order valence-corrected chi connectivity index (χ3v) is 1.39. The zero-order valence-electron chi connectivity index (χ0n) is 5.52. The molecule has 0 unspecified atom stereocenters. The molecule has 9 heavy (non-hydrogen) atoms. The highest BCUT2D eigenvalue weighted by atomic mass is 19.1. The Morgan fingerprint density at radius 1 is 1.44 bits per heavy atom. The van der Waals surface area contributed by atoms with Crippen LogP contribution >= 0.6 is 0 Å². The van der Waals surface area contributed by atoms with Gasteiger partial charge in [-0.2, -0.15) is 0 Å². The van der Waals surface area contributed by atoms with Crippen molar-refractivity contribution in [3.63, 3.8) is 0 Å². The highest BCUT2D eigenvalue weighted by molar-refractivity contribution is 4.73. The lowest BCUT2D eigenvalue weighted by molar-refractivity contribution is -0.163. The van der Waals surface area contributed by atoms with Gasteiger partial charge in [-0.05, 0) is 0 Å². The second-order valence-corrected chi connectivity index (χ2v) is 2.76. The summed E-state index contributed by atoms with van der Waals surface area (Å²) < 4.78 is 21.9. The molecule has 0 spiro atoms. The van der Waals surface area contributed by atoms with Crippen molar-refractivity contribution >= 4 is 0 Å². The number of hydrogen-bond acceptors (Lipinski definition) is 2. The molecule has 1 saturated heterocycles. The molecule has 0 atom stereocenters. The minimum absolute atomic E-state index is 0.315. The Bertz CT molecular complexity index is 89.1. The summed E-state index contributed by atoms with van der Waals surface area (Å²) >= 11 is 0. The van der Waals surface area contributed by atoms with E-state index in [2.05, 4.69) is 0 Å². The monoisotopic (exact) mass is 134 g/mol. The van der Waals surface area contributed by atoms with Gasteiger partial charge in [0, 0.05) is 5.41 Å². The molecule has 1 fully saturated rings. The smallest absolute Gasteiger partial charge is 0.146 e. The number of rotatable bonds is 1. The van der Waals surface area contributed by atoms with Gasteiger partial charge >= 0.3 is 0 Å². The largest absolute Gasteiger partial charge is 0.355 e. The SMILES string of the molecule is CC1(CF)COCOC1. The van der Waals surface area contributed by atoms with Crippen LogP contribution < -0.4 is 0 Å². The van der Waals surface area contributed by atoms with E-state index in [0.29, 0.717) is 20.0 Å². The Balaban J connectivity index is 2.37. The molecule has 0 aliphatic carbocycles. The summed E-state index contributed by atoms with van der Waals surface area (Å²) in [7, 11) is 0. The lowest BCUT2D eigenvalue weighted by Gasteiger charge is -2.29. The Morgan fingerprint density at radius 3 is 2.33 bits per heavy atom. The molecule has 1 aliphatic rings. The van der Waals surface area contributed by atoms with Crippen LogP contribution in [0.3, 0.4) is 0 Å². The van der Waals surface area contributed by atoms with Gasteiger partial charge in [0.2, 0.25) is 0 Å². The third-order valence-electron chi connectivity index (χ3n) is 1.39. The molecular formula is C6H11FO2. The maximum absolute atomic E-state index is 12.1. The van der Waals surface area contributed by atoms with Gasteiger partial charge in [-0.1, -0.05) is 6.92 Å². The van der Waals surface area contributed by atoms with E-state index in [1.165, 1.54) is 0 Å². The summed E-state index contributed by atoms with van der Waals surface area (Å²) in [5, 5.41) is 0. The Morgan fingerprint density at radius 2 is 2.00 bits per heavy atom. The van der Waals surface area contributed by atoms with Crippen LogP contribution in [0, 0.1) is 5.41 Å². The average molecular weight is 134 g/mol. The van der Waals surface area contributed by atoms with Crippen LogP contribution in [-0.4, -0.2) is 26.7 Å². The average Bonchev–Trinajstić information content (AvgIpc) is 1.90. The highest BCUT2D eigenvalue weighted by Gasteiger charge is 2.28. The van der Waals surface area contributed by atoms with Gasteiger partial charge in [0.05, 0.1) is 19.9 Å². The zero-order valence-corrected chi connectivity index (χ0v) is 5.52. The first-order chi connectivity index (χ1) is 4.27. The van der Waals surface area contributed by atoms with Crippen LogP contribution in [0.25, 0.3) is 0 Å². The first kappa shape index (κ1) is 6.96. The van der Waals surface area contributed by atoms with E-state index in [-0.39, 0.29) is 6.67 Å². The van der Waals surface area contributed by atoms with Gasteiger partial charge in [0.1, 0.15) is 6.79 Å². The summed E-state index contributed by atoms with van der Waals surface area (Å²) in [6, 6.07) is 0. The zero-order chi connectivity index (χ0) is 6.74. The molecule has 0 aromatic carbocycles. The molecule has 1 heterocycles. The van der Waals surface area contributed by atoms with E-state index < -0.39 is 5.41 Å². The molecule has 1 aliphatic heterocycles. The second kappa shape index (κ2) is 2.62. The molecule has 0 radical (unpaired) electrons. The van der Waals surface area contributed by atoms with Crippen molar-refractivity contribution in [3.8, 4) is 0 Å². The normalized spacial score (nSPS) is 26.0. The molecule has 2 nitrogen and oxygen atoms in total. The van der Waals surface area contributed by atoms with Crippen LogP contribution in [0.4, 0.5) is 4.39 Å². The summed E-state index contributed by atoms with van der Waals surface area (Å²) in [5.74, 6) is 0. The number of hydrogen-bond donors (Lipinski definition) is 0. The summed E-state index contributed by atoms with van der Waals surface area (Å²) in [6.07, 6.45) is 0. The number of halogens is 1. The van der Waals surface area contributed by atoms with Gasteiger partial charge < -0.3 is 9.47 Å².